The second-order valence-corrected chi connectivity index (χ2v) is 19.4. The standard InChI is InChI=1S/C60H42S/c1-59(2)49-30-27-37(39-23-14-24-46-55-50(60(3,4)57(39)46)31-32-52-56(55)47-29-25-35-15-8-9-18-40(35)58(47)61-52)33-48(49)41-28-26-38(34-51(41)59)54-44-21-12-10-19-42(44)53(36-16-6-5-7-17-36)43-20-11-13-22-45(43)54/h5-34H,1-4H3. The molecule has 0 N–H and O–H groups in total. The molecule has 61 heavy (non-hydrogen) atoms. The highest BCUT2D eigenvalue weighted by Crippen LogP contribution is 2.58. The van der Waals surface area contributed by atoms with E-state index in [1.54, 1.807) is 0 Å². The monoisotopic (exact) mass is 794 g/mol. The first-order valence-corrected chi connectivity index (χ1v) is 22.4. The van der Waals surface area contributed by atoms with E-state index in [4.69, 9.17) is 0 Å². The molecule has 11 aromatic rings. The van der Waals surface area contributed by atoms with Gasteiger partial charge in [0, 0.05) is 31.0 Å². The number of fused-ring (bicyclic) bond motifs is 14. The first-order valence-electron chi connectivity index (χ1n) is 21.6. The van der Waals surface area contributed by atoms with Gasteiger partial charge in [-0.1, -0.05) is 191 Å². The van der Waals surface area contributed by atoms with E-state index >= 15 is 0 Å². The quantitative estimate of drug-likeness (QED) is 0.156. The Morgan fingerprint density at radius 1 is 0.344 bits per heavy atom. The largest absolute Gasteiger partial charge is 0.135 e. The van der Waals surface area contributed by atoms with E-state index in [9.17, 15) is 0 Å². The van der Waals surface area contributed by atoms with Gasteiger partial charge in [0.05, 0.1) is 0 Å². The van der Waals surface area contributed by atoms with Crippen LogP contribution in [-0.4, -0.2) is 0 Å². The molecule has 0 saturated heterocycles. The molecule has 288 valence electrons. The summed E-state index contributed by atoms with van der Waals surface area (Å²) in [6.45, 7) is 9.69. The van der Waals surface area contributed by atoms with Gasteiger partial charge in [0.2, 0.25) is 0 Å². The molecule has 10 aromatic carbocycles. The fourth-order valence-electron chi connectivity index (χ4n) is 11.6. The fraction of sp³-hybridized carbons (Fsp3) is 0.100. The molecule has 0 radical (unpaired) electrons. The third kappa shape index (κ3) is 4.70. The molecular formula is C60H42S. The van der Waals surface area contributed by atoms with E-state index in [0.717, 1.165) is 0 Å². The summed E-state index contributed by atoms with van der Waals surface area (Å²) in [4.78, 5) is 0. The Kier molecular flexibility index (Phi) is 7.11. The third-order valence-electron chi connectivity index (χ3n) is 14.4. The topological polar surface area (TPSA) is 0 Å². The zero-order valence-corrected chi connectivity index (χ0v) is 35.5. The van der Waals surface area contributed by atoms with Crippen LogP contribution in [0.5, 0.6) is 0 Å². The van der Waals surface area contributed by atoms with E-state index in [1.807, 2.05) is 11.3 Å². The summed E-state index contributed by atoms with van der Waals surface area (Å²) in [5, 5.41) is 10.6. The molecule has 2 aliphatic carbocycles. The van der Waals surface area contributed by atoms with Gasteiger partial charge in [-0.25, -0.2) is 0 Å². The molecule has 0 aliphatic heterocycles. The molecule has 1 heteroatoms. The van der Waals surface area contributed by atoms with E-state index in [2.05, 4.69) is 210 Å². The van der Waals surface area contributed by atoms with Crippen molar-refractivity contribution in [3.8, 4) is 55.6 Å². The Morgan fingerprint density at radius 2 is 0.967 bits per heavy atom. The van der Waals surface area contributed by atoms with E-state index in [1.165, 1.54) is 130 Å². The van der Waals surface area contributed by atoms with Crippen molar-refractivity contribution in [2.75, 3.05) is 0 Å². The minimum atomic E-state index is -0.159. The maximum Gasteiger partial charge on any atom is 0.0434 e. The second-order valence-electron chi connectivity index (χ2n) is 18.3. The number of hydrogen-bond acceptors (Lipinski definition) is 1. The number of benzene rings is 10. The van der Waals surface area contributed by atoms with Crippen LogP contribution in [0.4, 0.5) is 0 Å². The lowest BCUT2D eigenvalue weighted by Crippen LogP contribution is -2.16. The van der Waals surface area contributed by atoms with Gasteiger partial charge in [0.1, 0.15) is 0 Å². The van der Waals surface area contributed by atoms with Crippen molar-refractivity contribution >= 4 is 63.8 Å². The average molecular weight is 795 g/mol. The minimum absolute atomic E-state index is 0.154. The molecule has 0 fully saturated rings. The van der Waals surface area contributed by atoms with Crippen molar-refractivity contribution in [1.82, 2.24) is 0 Å². The molecule has 0 spiro atoms. The zero-order chi connectivity index (χ0) is 40.8. The van der Waals surface area contributed by atoms with E-state index < -0.39 is 0 Å². The summed E-state index contributed by atoms with van der Waals surface area (Å²) < 4.78 is 2.75. The number of rotatable bonds is 3. The summed E-state index contributed by atoms with van der Waals surface area (Å²) in [5.41, 5.74) is 18.6. The summed E-state index contributed by atoms with van der Waals surface area (Å²) in [6, 6.07) is 68.8. The molecule has 0 amide bonds. The average Bonchev–Trinajstić information content (AvgIpc) is 3.88. The first kappa shape index (κ1) is 35.0. The molecule has 1 aromatic heterocycles. The van der Waals surface area contributed by atoms with Gasteiger partial charge >= 0.3 is 0 Å². The predicted octanol–water partition coefficient (Wildman–Crippen LogP) is 17.1. The maximum absolute atomic E-state index is 2.50. The van der Waals surface area contributed by atoms with Crippen LogP contribution in [0.1, 0.15) is 49.9 Å². The Hall–Kier alpha value is -6.80. The van der Waals surface area contributed by atoms with Gasteiger partial charge in [0.25, 0.3) is 0 Å². The number of hydrogen-bond donors (Lipinski definition) is 0. The van der Waals surface area contributed by atoms with Crippen LogP contribution in [0.25, 0.3) is 108 Å². The summed E-state index contributed by atoms with van der Waals surface area (Å²) in [6.07, 6.45) is 0. The Morgan fingerprint density at radius 3 is 1.70 bits per heavy atom. The Balaban J connectivity index is 0.975. The van der Waals surface area contributed by atoms with Crippen molar-refractivity contribution in [1.29, 1.82) is 0 Å². The maximum atomic E-state index is 2.50. The zero-order valence-electron chi connectivity index (χ0n) is 34.7. The number of thiophene rings is 1. The lowest BCUT2D eigenvalue weighted by Gasteiger charge is -2.25. The van der Waals surface area contributed by atoms with Crippen LogP contribution in [0.2, 0.25) is 0 Å². The lowest BCUT2D eigenvalue weighted by atomic mass is 9.78. The molecule has 0 bridgehead atoms. The highest BCUT2D eigenvalue weighted by Gasteiger charge is 2.40. The predicted molar refractivity (Wildman–Crippen MR) is 263 cm³/mol. The van der Waals surface area contributed by atoms with Gasteiger partial charge < -0.3 is 0 Å². The van der Waals surface area contributed by atoms with Crippen molar-refractivity contribution in [3.05, 3.63) is 204 Å². The van der Waals surface area contributed by atoms with Gasteiger partial charge in [0.15, 0.2) is 0 Å². The second kappa shape index (κ2) is 12.4. The Bertz CT molecular complexity index is 3630. The normalized spacial score (nSPS) is 14.5. The summed E-state index contributed by atoms with van der Waals surface area (Å²) in [5.74, 6) is 0. The SMILES string of the molecule is CC1(C)c2ccc(-c3cccc4c3C(C)(C)c3ccc5sc6c7ccccc7ccc6c5c3-4)cc2-c2ccc(-c3c4ccccc4c(-c4ccccc4)c4ccccc34)cc21. The van der Waals surface area contributed by atoms with Crippen molar-refractivity contribution in [3.63, 3.8) is 0 Å². The highest BCUT2D eigenvalue weighted by molar-refractivity contribution is 7.26. The van der Waals surface area contributed by atoms with Crippen LogP contribution in [0.3, 0.4) is 0 Å². The van der Waals surface area contributed by atoms with Gasteiger partial charge in [-0.2, -0.15) is 0 Å². The van der Waals surface area contributed by atoms with E-state index in [0.29, 0.717) is 0 Å². The fourth-order valence-corrected chi connectivity index (χ4v) is 12.9. The summed E-state index contributed by atoms with van der Waals surface area (Å²) in [7, 11) is 0. The molecule has 0 atom stereocenters. The third-order valence-corrected chi connectivity index (χ3v) is 15.6. The smallest absolute Gasteiger partial charge is 0.0434 e. The van der Waals surface area contributed by atoms with Crippen molar-refractivity contribution in [2.24, 2.45) is 0 Å². The van der Waals surface area contributed by atoms with E-state index in [-0.39, 0.29) is 10.8 Å². The van der Waals surface area contributed by atoms with Crippen LogP contribution in [-0.2, 0) is 10.8 Å². The lowest BCUT2D eigenvalue weighted by molar-refractivity contribution is 0.660. The minimum Gasteiger partial charge on any atom is -0.135 e. The van der Waals surface area contributed by atoms with Gasteiger partial charge in [-0.05, 0) is 128 Å². The van der Waals surface area contributed by atoms with Crippen LogP contribution < -0.4 is 0 Å². The van der Waals surface area contributed by atoms with Gasteiger partial charge in [-0.3, -0.25) is 0 Å². The Labute approximate surface area is 360 Å². The van der Waals surface area contributed by atoms with Crippen molar-refractivity contribution < 1.29 is 0 Å². The first-order chi connectivity index (χ1) is 29.8. The molecular weight excluding hydrogens is 753 g/mol. The van der Waals surface area contributed by atoms with Gasteiger partial charge in [-0.15, -0.1) is 11.3 Å². The molecule has 0 saturated carbocycles. The molecule has 0 unspecified atom stereocenters. The highest BCUT2D eigenvalue weighted by atomic mass is 32.1. The molecule has 13 rings (SSSR count). The van der Waals surface area contributed by atoms with Crippen LogP contribution in [0, 0.1) is 0 Å². The summed E-state index contributed by atoms with van der Waals surface area (Å²) >= 11 is 1.94. The molecule has 1 heterocycles. The van der Waals surface area contributed by atoms with Crippen LogP contribution in [0.15, 0.2) is 182 Å². The van der Waals surface area contributed by atoms with Crippen molar-refractivity contribution in [2.45, 2.75) is 38.5 Å². The van der Waals surface area contributed by atoms with Crippen LogP contribution >= 0.6 is 11.3 Å². The molecule has 0 nitrogen and oxygen atoms in total. The molecule has 2 aliphatic rings.